The van der Waals surface area contributed by atoms with E-state index >= 15 is 0 Å². The van der Waals surface area contributed by atoms with Crippen LogP contribution in [0.1, 0.15) is 23.9 Å². The highest BCUT2D eigenvalue weighted by molar-refractivity contribution is 5.75. The third-order valence-corrected chi connectivity index (χ3v) is 3.76. The molecule has 0 spiro atoms. The fourth-order valence-electron chi connectivity index (χ4n) is 2.39. The van der Waals surface area contributed by atoms with Crippen LogP contribution in [-0.2, 0) is 24.4 Å². The van der Waals surface area contributed by atoms with Crippen molar-refractivity contribution in [3.63, 3.8) is 0 Å². The summed E-state index contributed by atoms with van der Waals surface area (Å²) in [5, 5.41) is 18.8. The van der Waals surface area contributed by atoms with Crippen LogP contribution in [0.2, 0.25) is 0 Å². The molecule has 2 aromatic rings. The van der Waals surface area contributed by atoms with Crippen molar-refractivity contribution in [2.24, 2.45) is 0 Å². The average Bonchev–Trinajstić information content (AvgIpc) is 3.06. The molecule has 0 aliphatic heterocycles. The first kappa shape index (κ1) is 16.7. The number of carbonyl (C=O) groups excluding carboxylic acids is 1. The highest BCUT2D eigenvalue weighted by atomic mass is 16.6. The first-order valence-electron chi connectivity index (χ1n) is 7.28. The van der Waals surface area contributed by atoms with E-state index in [1.165, 1.54) is 16.9 Å². The van der Waals surface area contributed by atoms with Gasteiger partial charge in [0.15, 0.2) is 0 Å². The molecule has 124 valence electrons. The number of hydrogen-bond donors (Lipinski definition) is 0. The average molecular weight is 320 g/mol. The summed E-state index contributed by atoms with van der Waals surface area (Å²) in [4.78, 5) is 23.9. The second-order valence-electron chi connectivity index (χ2n) is 5.34. The van der Waals surface area contributed by atoms with E-state index in [0.717, 1.165) is 23.5 Å². The molecule has 0 aromatic carbocycles. The highest BCUT2D eigenvalue weighted by Crippen LogP contribution is 2.15. The summed E-state index contributed by atoms with van der Waals surface area (Å²) >= 11 is 0. The Bertz CT molecular complexity index is 733. The highest BCUT2D eigenvalue weighted by Gasteiger charge is 2.18. The van der Waals surface area contributed by atoms with Crippen LogP contribution >= 0.6 is 0 Å². The lowest BCUT2D eigenvalue weighted by atomic mass is 10.2. The molecule has 2 rings (SSSR count). The maximum absolute atomic E-state index is 12.3. The molecule has 2 aromatic heterocycles. The fourth-order valence-corrected chi connectivity index (χ4v) is 2.39. The van der Waals surface area contributed by atoms with Crippen molar-refractivity contribution in [1.82, 2.24) is 24.5 Å². The summed E-state index contributed by atoms with van der Waals surface area (Å²) in [7, 11) is 1.70. The van der Waals surface area contributed by atoms with Crippen LogP contribution in [0, 0.1) is 24.0 Å². The van der Waals surface area contributed by atoms with Gasteiger partial charge in [0.05, 0.1) is 23.1 Å². The Balaban J connectivity index is 2.05. The normalized spacial score (nSPS) is 10.8. The monoisotopic (exact) mass is 320 g/mol. The molecule has 2 heterocycles. The molecule has 0 N–H and O–H groups in total. The molecule has 9 heteroatoms. The van der Waals surface area contributed by atoms with Gasteiger partial charge in [0.25, 0.3) is 0 Å². The molecule has 0 aliphatic rings. The van der Waals surface area contributed by atoms with Gasteiger partial charge in [-0.3, -0.25) is 9.48 Å². The van der Waals surface area contributed by atoms with Crippen LogP contribution in [0.15, 0.2) is 12.3 Å². The Morgan fingerprint density at radius 2 is 2.09 bits per heavy atom. The first-order valence-corrected chi connectivity index (χ1v) is 7.28. The van der Waals surface area contributed by atoms with Crippen molar-refractivity contribution < 1.29 is 9.72 Å². The first-order chi connectivity index (χ1) is 10.8. The molecule has 0 atom stereocenters. The van der Waals surface area contributed by atoms with Crippen molar-refractivity contribution in [3.05, 3.63) is 39.3 Å². The van der Waals surface area contributed by atoms with Crippen LogP contribution in [-0.4, -0.2) is 42.3 Å². The number of aromatic nitrogens is 4. The van der Waals surface area contributed by atoms with E-state index in [1.54, 1.807) is 11.9 Å². The van der Waals surface area contributed by atoms with E-state index in [0.29, 0.717) is 6.54 Å². The second-order valence-corrected chi connectivity index (χ2v) is 5.34. The number of aryl methyl sites for hydroxylation is 2. The van der Waals surface area contributed by atoms with Crippen LogP contribution in [0.25, 0.3) is 0 Å². The van der Waals surface area contributed by atoms with Crippen molar-refractivity contribution in [2.45, 2.75) is 40.4 Å². The fraction of sp³-hybridized carbons (Fsp3) is 0.500. The van der Waals surface area contributed by atoms with Gasteiger partial charge in [-0.25, -0.2) is 0 Å². The van der Waals surface area contributed by atoms with Gasteiger partial charge in [0.2, 0.25) is 5.91 Å². The van der Waals surface area contributed by atoms with Crippen LogP contribution in [0.3, 0.4) is 0 Å². The van der Waals surface area contributed by atoms with Gasteiger partial charge in [0.1, 0.15) is 6.54 Å². The minimum absolute atomic E-state index is 0.0374. The predicted octanol–water partition coefficient (Wildman–Crippen LogP) is 1.28. The SMILES string of the molecule is CCn1nc(C)c(CN(C)C(=O)Cn2ccc([N+](=O)[O-])n2)c1C. The minimum atomic E-state index is -0.587. The number of carbonyl (C=O) groups is 1. The second kappa shape index (κ2) is 6.59. The van der Waals surface area contributed by atoms with Crippen LogP contribution in [0.5, 0.6) is 0 Å². The maximum Gasteiger partial charge on any atom is 0.389 e. The third-order valence-electron chi connectivity index (χ3n) is 3.76. The third kappa shape index (κ3) is 3.55. The zero-order valence-corrected chi connectivity index (χ0v) is 13.7. The van der Waals surface area contributed by atoms with Crippen LogP contribution < -0.4 is 0 Å². The Kier molecular flexibility index (Phi) is 4.77. The van der Waals surface area contributed by atoms with Crippen molar-refractivity contribution in [2.75, 3.05) is 7.05 Å². The number of rotatable bonds is 6. The molecule has 0 bridgehead atoms. The van der Waals surface area contributed by atoms with E-state index < -0.39 is 4.92 Å². The number of amides is 1. The van der Waals surface area contributed by atoms with Crippen LogP contribution in [0.4, 0.5) is 5.82 Å². The summed E-state index contributed by atoms with van der Waals surface area (Å²) in [6.07, 6.45) is 1.43. The largest absolute Gasteiger partial charge is 0.389 e. The van der Waals surface area contributed by atoms with Gasteiger partial charge in [-0.2, -0.15) is 9.78 Å². The lowest BCUT2D eigenvalue weighted by Crippen LogP contribution is -2.30. The van der Waals surface area contributed by atoms with Gasteiger partial charge in [-0.1, -0.05) is 0 Å². The number of nitrogens with zero attached hydrogens (tertiary/aromatic N) is 6. The van der Waals surface area contributed by atoms with Crippen molar-refractivity contribution in [1.29, 1.82) is 0 Å². The summed E-state index contributed by atoms with van der Waals surface area (Å²) in [6.45, 7) is 7.10. The lowest BCUT2D eigenvalue weighted by Gasteiger charge is -2.17. The molecule has 0 saturated heterocycles. The number of nitro groups is 1. The lowest BCUT2D eigenvalue weighted by molar-refractivity contribution is -0.389. The van der Waals surface area contributed by atoms with E-state index in [1.807, 2.05) is 25.5 Å². The zero-order valence-electron chi connectivity index (χ0n) is 13.7. The van der Waals surface area contributed by atoms with Crippen molar-refractivity contribution in [3.8, 4) is 0 Å². The number of hydrogen-bond acceptors (Lipinski definition) is 5. The van der Waals surface area contributed by atoms with E-state index in [2.05, 4.69) is 10.2 Å². The van der Waals surface area contributed by atoms with Gasteiger partial charge in [-0.05, 0) is 25.7 Å². The summed E-state index contributed by atoms with van der Waals surface area (Å²) < 4.78 is 3.17. The van der Waals surface area contributed by atoms with E-state index in [-0.39, 0.29) is 18.3 Å². The standard InChI is InChI=1S/C14H20N6O3/c1-5-19-11(3)12(10(2)15-19)8-17(4)14(21)9-18-7-6-13(16-18)20(22)23/h6-7H,5,8-9H2,1-4H3. The van der Waals surface area contributed by atoms with E-state index in [4.69, 9.17) is 0 Å². The molecule has 0 saturated carbocycles. The molecule has 0 aliphatic carbocycles. The molecule has 1 amide bonds. The molecule has 9 nitrogen and oxygen atoms in total. The predicted molar refractivity (Wildman–Crippen MR) is 82.7 cm³/mol. The maximum atomic E-state index is 12.3. The molecule has 0 fully saturated rings. The summed E-state index contributed by atoms with van der Waals surface area (Å²) in [6, 6.07) is 1.27. The molecular formula is C14H20N6O3. The minimum Gasteiger partial charge on any atom is -0.358 e. The Labute approximate surface area is 133 Å². The zero-order chi connectivity index (χ0) is 17.1. The van der Waals surface area contributed by atoms with Gasteiger partial charge < -0.3 is 15.0 Å². The van der Waals surface area contributed by atoms with Gasteiger partial charge >= 0.3 is 5.82 Å². The Morgan fingerprint density at radius 1 is 1.39 bits per heavy atom. The number of likely N-dealkylation sites (N-methyl/N-ethyl adjacent to an activating group) is 1. The quantitative estimate of drug-likeness (QED) is 0.590. The van der Waals surface area contributed by atoms with E-state index in [9.17, 15) is 14.9 Å². The van der Waals surface area contributed by atoms with Gasteiger partial charge in [0, 0.05) is 31.4 Å². The molecule has 0 radical (unpaired) electrons. The molecule has 0 unspecified atom stereocenters. The van der Waals surface area contributed by atoms with Crippen molar-refractivity contribution >= 4 is 11.7 Å². The summed E-state index contributed by atoms with van der Waals surface area (Å²) in [5.41, 5.74) is 2.97. The molecular weight excluding hydrogens is 300 g/mol. The van der Waals surface area contributed by atoms with Gasteiger partial charge in [-0.15, -0.1) is 0 Å². The smallest absolute Gasteiger partial charge is 0.358 e. The Hall–Kier alpha value is -2.71. The topological polar surface area (TPSA) is 99.1 Å². The Morgan fingerprint density at radius 3 is 2.61 bits per heavy atom. The summed E-state index contributed by atoms with van der Waals surface area (Å²) in [5.74, 6) is -0.442. The molecule has 23 heavy (non-hydrogen) atoms.